The number of nitrogens with one attached hydrogen (secondary N) is 1. The van der Waals surface area contributed by atoms with Crippen LogP contribution in [0, 0.1) is 0 Å². The van der Waals surface area contributed by atoms with E-state index < -0.39 is 5.54 Å². The van der Waals surface area contributed by atoms with Gasteiger partial charge in [0.15, 0.2) is 0 Å². The predicted molar refractivity (Wildman–Crippen MR) is 70.1 cm³/mol. The van der Waals surface area contributed by atoms with Crippen molar-refractivity contribution in [3.05, 3.63) is 23.8 Å². The minimum atomic E-state index is -0.559. The minimum Gasteiger partial charge on any atom is -0.370 e. The molecule has 2 rings (SSSR count). The fraction of sp³-hybridized carbons (Fsp3) is 0.462. The number of amides is 1. The zero-order valence-electron chi connectivity index (χ0n) is 10.6. The molecule has 17 heavy (non-hydrogen) atoms. The van der Waals surface area contributed by atoms with Crippen LogP contribution >= 0.6 is 0 Å². The first-order valence-electron chi connectivity index (χ1n) is 5.93. The third-order valence-corrected chi connectivity index (χ3v) is 3.15. The number of carbonyl (C=O) groups excluding carboxylic acids is 1. The van der Waals surface area contributed by atoms with E-state index in [0.29, 0.717) is 13.1 Å². The highest BCUT2D eigenvalue weighted by Crippen LogP contribution is 2.37. The first kappa shape index (κ1) is 11.9. The number of para-hydroxylation sites is 1. The second-order valence-corrected chi connectivity index (χ2v) is 4.82. The van der Waals surface area contributed by atoms with E-state index in [0.717, 1.165) is 16.9 Å². The molecule has 1 aliphatic heterocycles. The summed E-state index contributed by atoms with van der Waals surface area (Å²) in [6.07, 6.45) is 0. The average molecular weight is 233 g/mol. The Morgan fingerprint density at radius 1 is 1.41 bits per heavy atom. The van der Waals surface area contributed by atoms with E-state index in [1.165, 1.54) is 0 Å². The molecule has 4 heteroatoms. The van der Waals surface area contributed by atoms with E-state index >= 15 is 0 Å². The number of carbonyl (C=O) groups is 1. The smallest absolute Gasteiger partial charge is 0.252 e. The first-order valence-corrected chi connectivity index (χ1v) is 5.93. The summed E-state index contributed by atoms with van der Waals surface area (Å²) in [4.78, 5) is 14.1. The minimum absolute atomic E-state index is 0.0911. The van der Waals surface area contributed by atoms with Gasteiger partial charge in [0.2, 0.25) is 0 Å². The quantitative estimate of drug-likeness (QED) is 0.817. The van der Waals surface area contributed by atoms with E-state index in [2.05, 4.69) is 5.32 Å². The normalized spacial score (nSPS) is 17.6. The molecule has 1 aliphatic rings. The molecule has 3 N–H and O–H groups in total. The van der Waals surface area contributed by atoms with Gasteiger partial charge in [-0.15, -0.1) is 0 Å². The molecule has 0 fully saturated rings. The van der Waals surface area contributed by atoms with Crippen LogP contribution in [0.1, 0.15) is 26.3 Å². The molecule has 0 aliphatic carbocycles. The molecule has 4 nitrogen and oxygen atoms in total. The van der Waals surface area contributed by atoms with E-state index in [1.54, 1.807) is 0 Å². The summed E-state index contributed by atoms with van der Waals surface area (Å²) in [5.41, 5.74) is 8.10. The van der Waals surface area contributed by atoms with E-state index in [4.69, 9.17) is 5.73 Å². The van der Waals surface area contributed by atoms with Crippen LogP contribution in [0.3, 0.4) is 0 Å². The highest BCUT2D eigenvalue weighted by molar-refractivity contribution is 6.08. The Bertz CT molecular complexity index is 454. The molecular formula is C13H19N3O. The summed E-state index contributed by atoms with van der Waals surface area (Å²) in [5.74, 6) is 0.0911. The second-order valence-electron chi connectivity index (χ2n) is 4.82. The molecule has 1 heterocycles. The van der Waals surface area contributed by atoms with Crippen LogP contribution in [0.5, 0.6) is 0 Å². The maximum absolute atomic E-state index is 12.3. The van der Waals surface area contributed by atoms with Gasteiger partial charge < -0.3 is 16.0 Å². The van der Waals surface area contributed by atoms with Gasteiger partial charge in [-0.05, 0) is 32.4 Å². The van der Waals surface area contributed by atoms with Crippen LogP contribution in [0.15, 0.2) is 18.2 Å². The lowest BCUT2D eigenvalue weighted by Crippen LogP contribution is -2.54. The largest absolute Gasteiger partial charge is 0.370 e. The van der Waals surface area contributed by atoms with Gasteiger partial charge in [-0.3, -0.25) is 4.79 Å². The monoisotopic (exact) mass is 233 g/mol. The van der Waals surface area contributed by atoms with E-state index in [1.807, 2.05) is 43.9 Å². The molecule has 92 valence electrons. The van der Waals surface area contributed by atoms with Crippen molar-refractivity contribution in [2.24, 2.45) is 5.73 Å². The first-order chi connectivity index (χ1) is 8.01. The number of benzene rings is 1. The summed E-state index contributed by atoms with van der Waals surface area (Å²) < 4.78 is 0. The van der Waals surface area contributed by atoms with Crippen molar-refractivity contribution in [3.8, 4) is 0 Å². The molecule has 1 aromatic rings. The summed E-state index contributed by atoms with van der Waals surface area (Å²) in [5, 5.41) is 3.28. The fourth-order valence-corrected chi connectivity index (χ4v) is 2.31. The van der Waals surface area contributed by atoms with Crippen molar-refractivity contribution < 1.29 is 4.79 Å². The van der Waals surface area contributed by atoms with Gasteiger partial charge in [0.05, 0.1) is 11.4 Å². The fourth-order valence-electron chi connectivity index (χ4n) is 2.31. The zero-order valence-corrected chi connectivity index (χ0v) is 10.6. The van der Waals surface area contributed by atoms with Crippen molar-refractivity contribution >= 4 is 17.3 Å². The molecule has 0 atom stereocenters. The van der Waals surface area contributed by atoms with Crippen LogP contribution < -0.4 is 16.0 Å². The van der Waals surface area contributed by atoms with E-state index in [9.17, 15) is 4.79 Å². The number of hydrogen-bond acceptors (Lipinski definition) is 3. The number of likely N-dealkylation sites (N-methyl/N-ethyl adjacent to an activating group) is 1. The Labute approximate surface area is 102 Å². The number of rotatable bonds is 2. The molecular weight excluding hydrogens is 214 g/mol. The highest BCUT2D eigenvalue weighted by atomic mass is 16.2. The van der Waals surface area contributed by atoms with Gasteiger partial charge in [0.1, 0.15) is 5.54 Å². The number of anilines is 2. The van der Waals surface area contributed by atoms with Crippen LogP contribution in [0.25, 0.3) is 0 Å². The van der Waals surface area contributed by atoms with Crippen molar-refractivity contribution in [2.45, 2.75) is 32.9 Å². The van der Waals surface area contributed by atoms with Gasteiger partial charge >= 0.3 is 0 Å². The lowest BCUT2D eigenvalue weighted by molar-refractivity contribution is -0.122. The summed E-state index contributed by atoms with van der Waals surface area (Å²) in [7, 11) is 0. The summed E-state index contributed by atoms with van der Waals surface area (Å²) >= 11 is 0. The molecule has 0 unspecified atom stereocenters. The Balaban J connectivity index is 2.60. The molecule has 1 amide bonds. The predicted octanol–water partition coefficient (Wildman–Crippen LogP) is 1.70. The summed E-state index contributed by atoms with van der Waals surface area (Å²) in [6, 6.07) is 5.92. The van der Waals surface area contributed by atoms with Gasteiger partial charge in [0, 0.05) is 13.1 Å². The molecule has 0 spiro atoms. The van der Waals surface area contributed by atoms with Gasteiger partial charge in [-0.2, -0.15) is 0 Å². The number of nitrogens with two attached hydrogens (primary N) is 1. The second kappa shape index (κ2) is 4.04. The van der Waals surface area contributed by atoms with Crippen molar-refractivity contribution in [3.63, 3.8) is 0 Å². The lowest BCUT2D eigenvalue weighted by atomic mass is 9.96. The van der Waals surface area contributed by atoms with Crippen molar-refractivity contribution in [2.75, 3.05) is 16.8 Å². The Morgan fingerprint density at radius 2 is 2.12 bits per heavy atom. The standard InChI is InChI=1S/C13H19N3O/c1-4-16-11-9(8-14)6-5-7-10(11)15-13(2,3)12(16)17/h5-7,15H,4,8,14H2,1-3H3. The molecule has 1 aromatic carbocycles. The SMILES string of the molecule is CCN1C(=O)C(C)(C)Nc2cccc(CN)c21. The average Bonchev–Trinajstić information content (AvgIpc) is 2.30. The Hall–Kier alpha value is -1.55. The zero-order chi connectivity index (χ0) is 12.6. The van der Waals surface area contributed by atoms with Crippen LogP contribution in [0.4, 0.5) is 11.4 Å². The lowest BCUT2D eigenvalue weighted by Gasteiger charge is -2.40. The number of hydrogen-bond donors (Lipinski definition) is 2. The van der Waals surface area contributed by atoms with Crippen molar-refractivity contribution in [1.82, 2.24) is 0 Å². The third kappa shape index (κ3) is 1.78. The molecule has 0 radical (unpaired) electrons. The van der Waals surface area contributed by atoms with Gasteiger partial charge in [-0.25, -0.2) is 0 Å². The Morgan fingerprint density at radius 3 is 2.71 bits per heavy atom. The Kier molecular flexibility index (Phi) is 2.83. The number of fused-ring (bicyclic) bond motifs is 1. The third-order valence-electron chi connectivity index (χ3n) is 3.15. The molecule has 0 bridgehead atoms. The molecule has 0 aromatic heterocycles. The van der Waals surface area contributed by atoms with Crippen LogP contribution in [-0.2, 0) is 11.3 Å². The van der Waals surface area contributed by atoms with Gasteiger partial charge in [-0.1, -0.05) is 12.1 Å². The van der Waals surface area contributed by atoms with Crippen LogP contribution in [0.2, 0.25) is 0 Å². The maximum atomic E-state index is 12.3. The molecule has 0 saturated heterocycles. The number of nitrogens with zero attached hydrogens (tertiary/aromatic N) is 1. The highest BCUT2D eigenvalue weighted by Gasteiger charge is 2.38. The van der Waals surface area contributed by atoms with Crippen LogP contribution in [-0.4, -0.2) is 18.0 Å². The van der Waals surface area contributed by atoms with Gasteiger partial charge in [0.25, 0.3) is 5.91 Å². The van der Waals surface area contributed by atoms with Crippen molar-refractivity contribution in [1.29, 1.82) is 0 Å². The molecule has 0 saturated carbocycles. The topological polar surface area (TPSA) is 58.4 Å². The van der Waals surface area contributed by atoms with E-state index in [-0.39, 0.29) is 5.91 Å². The summed E-state index contributed by atoms with van der Waals surface area (Å²) in [6.45, 7) is 6.88. The maximum Gasteiger partial charge on any atom is 0.252 e.